The summed E-state index contributed by atoms with van der Waals surface area (Å²) in [5.74, 6) is 0.335. The second-order valence-electron chi connectivity index (χ2n) is 3.66. The average molecular weight is 291 g/mol. The van der Waals surface area contributed by atoms with Crippen molar-refractivity contribution in [2.45, 2.75) is 0 Å². The first-order valence-electron chi connectivity index (χ1n) is 5.15. The highest BCUT2D eigenvalue weighted by Crippen LogP contribution is 2.27. The van der Waals surface area contributed by atoms with Crippen molar-refractivity contribution in [2.24, 2.45) is 0 Å². The van der Waals surface area contributed by atoms with Crippen LogP contribution < -0.4 is 0 Å². The van der Waals surface area contributed by atoms with Crippen LogP contribution in [0.3, 0.4) is 0 Å². The van der Waals surface area contributed by atoms with E-state index in [-0.39, 0.29) is 5.82 Å². The first-order valence-corrected chi connectivity index (χ1v) is 5.94. The van der Waals surface area contributed by atoms with Gasteiger partial charge in [-0.3, -0.25) is 4.40 Å². The van der Waals surface area contributed by atoms with E-state index >= 15 is 0 Å². The third-order valence-corrected chi connectivity index (χ3v) is 3.20. The van der Waals surface area contributed by atoms with Crippen LogP contribution in [0.5, 0.6) is 0 Å². The molecule has 0 aliphatic rings. The summed E-state index contributed by atoms with van der Waals surface area (Å²) >= 11 is 3.39. The molecule has 0 amide bonds. The summed E-state index contributed by atoms with van der Waals surface area (Å²) < 4.78 is 16.3. The summed E-state index contributed by atoms with van der Waals surface area (Å²) in [7, 11) is 0. The predicted octanol–water partition coefficient (Wildman–Crippen LogP) is 3.90. The molecule has 0 atom stereocenters. The van der Waals surface area contributed by atoms with Gasteiger partial charge in [0, 0.05) is 6.20 Å². The quantitative estimate of drug-likeness (QED) is 0.664. The lowest BCUT2D eigenvalue weighted by Crippen LogP contribution is -1.91. The monoisotopic (exact) mass is 290 g/mol. The van der Waals surface area contributed by atoms with Gasteiger partial charge in [-0.2, -0.15) is 0 Å². The van der Waals surface area contributed by atoms with Crippen LogP contribution in [0.4, 0.5) is 4.39 Å². The van der Waals surface area contributed by atoms with Gasteiger partial charge in [0.05, 0.1) is 11.1 Å². The molecule has 0 N–H and O–H groups in total. The Morgan fingerprint density at radius 3 is 2.65 bits per heavy atom. The molecular formula is C13H8BrFN2. The molecule has 0 unspecified atom stereocenters. The van der Waals surface area contributed by atoms with E-state index in [2.05, 4.69) is 20.9 Å². The third-order valence-electron chi connectivity index (χ3n) is 2.62. The summed E-state index contributed by atoms with van der Waals surface area (Å²) in [6.07, 6.45) is 1.87. The highest BCUT2D eigenvalue weighted by atomic mass is 79.9. The van der Waals surface area contributed by atoms with Crippen molar-refractivity contribution >= 4 is 21.4 Å². The zero-order valence-electron chi connectivity index (χ0n) is 8.77. The Kier molecular flexibility index (Phi) is 2.44. The molecule has 0 fully saturated rings. The van der Waals surface area contributed by atoms with E-state index in [0.717, 1.165) is 10.1 Å². The van der Waals surface area contributed by atoms with Gasteiger partial charge in [0.15, 0.2) is 0 Å². The van der Waals surface area contributed by atoms with Crippen molar-refractivity contribution < 1.29 is 4.39 Å². The van der Waals surface area contributed by atoms with Crippen LogP contribution >= 0.6 is 15.9 Å². The summed E-state index contributed by atoms with van der Waals surface area (Å²) in [6, 6.07) is 12.4. The number of aromatic nitrogens is 2. The van der Waals surface area contributed by atoms with Crippen LogP contribution in [0.1, 0.15) is 0 Å². The molecule has 0 saturated carbocycles. The molecular weight excluding hydrogens is 283 g/mol. The number of nitrogens with zero attached hydrogens (tertiary/aromatic N) is 2. The Morgan fingerprint density at radius 2 is 1.82 bits per heavy atom. The van der Waals surface area contributed by atoms with Crippen LogP contribution in [0.25, 0.3) is 16.9 Å². The van der Waals surface area contributed by atoms with E-state index in [1.807, 2.05) is 28.8 Å². The topological polar surface area (TPSA) is 17.3 Å². The second-order valence-corrected chi connectivity index (χ2v) is 4.41. The van der Waals surface area contributed by atoms with Gasteiger partial charge in [0.2, 0.25) is 0 Å². The van der Waals surface area contributed by atoms with E-state index in [1.165, 1.54) is 6.07 Å². The standard InChI is InChI=1S/C13H8BrFN2/c14-12-11-7-3-4-8-17(11)13(16-12)9-5-1-2-6-10(9)15/h1-8H. The fourth-order valence-corrected chi connectivity index (χ4v) is 2.32. The maximum Gasteiger partial charge on any atom is 0.148 e. The molecule has 0 aliphatic carbocycles. The molecule has 2 nitrogen and oxygen atoms in total. The van der Waals surface area contributed by atoms with Gasteiger partial charge in [-0.05, 0) is 40.2 Å². The number of halogens is 2. The average Bonchev–Trinajstić information content (AvgIpc) is 2.68. The third kappa shape index (κ3) is 1.65. The van der Waals surface area contributed by atoms with Crippen LogP contribution in [-0.4, -0.2) is 9.38 Å². The zero-order chi connectivity index (χ0) is 11.8. The van der Waals surface area contributed by atoms with Crippen molar-refractivity contribution in [3.8, 4) is 11.4 Å². The molecule has 3 aromatic rings. The molecule has 3 rings (SSSR count). The van der Waals surface area contributed by atoms with Gasteiger partial charge in [0.1, 0.15) is 16.2 Å². The van der Waals surface area contributed by atoms with Crippen molar-refractivity contribution in [2.75, 3.05) is 0 Å². The molecule has 0 saturated heterocycles. The summed E-state index contributed by atoms with van der Waals surface area (Å²) in [5.41, 5.74) is 1.42. The lowest BCUT2D eigenvalue weighted by molar-refractivity contribution is 0.630. The number of rotatable bonds is 1. The fourth-order valence-electron chi connectivity index (χ4n) is 1.83. The summed E-state index contributed by atoms with van der Waals surface area (Å²) in [4.78, 5) is 4.36. The first-order chi connectivity index (χ1) is 8.27. The predicted molar refractivity (Wildman–Crippen MR) is 68.3 cm³/mol. The molecule has 2 aromatic heterocycles. The Morgan fingerprint density at radius 1 is 1.06 bits per heavy atom. The van der Waals surface area contributed by atoms with Gasteiger partial charge in [-0.15, -0.1) is 0 Å². The second kappa shape index (κ2) is 3.96. The number of benzene rings is 1. The molecule has 0 spiro atoms. The maximum absolute atomic E-state index is 13.7. The van der Waals surface area contributed by atoms with E-state index < -0.39 is 0 Å². The zero-order valence-corrected chi connectivity index (χ0v) is 10.4. The van der Waals surface area contributed by atoms with E-state index in [9.17, 15) is 4.39 Å². The van der Waals surface area contributed by atoms with Crippen molar-refractivity contribution in [1.29, 1.82) is 0 Å². The highest BCUT2D eigenvalue weighted by molar-refractivity contribution is 9.10. The highest BCUT2D eigenvalue weighted by Gasteiger charge is 2.13. The van der Waals surface area contributed by atoms with Gasteiger partial charge in [0.25, 0.3) is 0 Å². The number of pyridine rings is 1. The minimum atomic E-state index is -0.268. The first kappa shape index (κ1) is 10.5. The van der Waals surface area contributed by atoms with Gasteiger partial charge in [-0.1, -0.05) is 18.2 Å². The van der Waals surface area contributed by atoms with Gasteiger partial charge >= 0.3 is 0 Å². The number of hydrogen-bond donors (Lipinski definition) is 0. The maximum atomic E-state index is 13.7. The Hall–Kier alpha value is -1.68. The van der Waals surface area contributed by atoms with E-state index in [1.54, 1.807) is 18.2 Å². The van der Waals surface area contributed by atoms with Crippen LogP contribution in [0, 0.1) is 5.82 Å². The molecule has 84 valence electrons. The molecule has 1 aromatic carbocycles. The number of hydrogen-bond acceptors (Lipinski definition) is 1. The molecule has 0 bridgehead atoms. The van der Waals surface area contributed by atoms with Crippen molar-refractivity contribution in [3.63, 3.8) is 0 Å². The molecule has 0 aliphatic heterocycles. The molecule has 4 heteroatoms. The van der Waals surface area contributed by atoms with E-state index in [0.29, 0.717) is 11.4 Å². The minimum Gasteiger partial charge on any atom is -0.298 e. The van der Waals surface area contributed by atoms with Crippen LogP contribution in [0.2, 0.25) is 0 Å². The lowest BCUT2D eigenvalue weighted by atomic mass is 10.2. The number of imidazole rings is 1. The van der Waals surface area contributed by atoms with Crippen LogP contribution in [0.15, 0.2) is 53.3 Å². The van der Waals surface area contributed by atoms with Crippen molar-refractivity contribution in [1.82, 2.24) is 9.38 Å². The number of fused-ring (bicyclic) bond motifs is 1. The normalized spacial score (nSPS) is 10.9. The smallest absolute Gasteiger partial charge is 0.148 e. The SMILES string of the molecule is Fc1ccccc1-c1nc(Br)c2ccccn12. The van der Waals surface area contributed by atoms with Gasteiger partial charge in [-0.25, -0.2) is 9.37 Å². The van der Waals surface area contributed by atoms with Gasteiger partial charge < -0.3 is 0 Å². The molecule has 2 heterocycles. The van der Waals surface area contributed by atoms with Crippen LogP contribution in [-0.2, 0) is 0 Å². The largest absolute Gasteiger partial charge is 0.298 e. The minimum absolute atomic E-state index is 0.268. The van der Waals surface area contributed by atoms with E-state index in [4.69, 9.17) is 0 Å². The Labute approximate surface area is 106 Å². The lowest BCUT2D eigenvalue weighted by Gasteiger charge is -2.01. The molecule has 0 radical (unpaired) electrons. The summed E-state index contributed by atoms with van der Waals surface area (Å²) in [6.45, 7) is 0. The van der Waals surface area contributed by atoms with Crippen molar-refractivity contribution in [3.05, 3.63) is 59.1 Å². The molecule has 17 heavy (non-hydrogen) atoms. The summed E-state index contributed by atoms with van der Waals surface area (Å²) in [5, 5.41) is 0. The fraction of sp³-hybridized carbons (Fsp3) is 0. The Balaban J connectivity index is 2.35. The Bertz CT molecular complexity index is 691.